The molecule has 0 aliphatic heterocycles. The third-order valence-electron chi connectivity index (χ3n) is 4.73. The van der Waals surface area contributed by atoms with Crippen LogP contribution in [0.1, 0.15) is 35.8 Å². The fraction of sp³-hybridized carbons (Fsp3) is 0.250. The van der Waals surface area contributed by atoms with E-state index in [0.717, 1.165) is 38.8 Å². The number of fused-ring (bicyclic) bond motifs is 2. The molecule has 0 bridgehead atoms. The maximum Gasteiger partial charge on any atom is 0.337 e. The molecule has 4 aromatic rings. The highest BCUT2D eigenvalue weighted by Gasteiger charge is 2.20. The Kier molecular flexibility index (Phi) is 3.87. The first-order valence-corrected chi connectivity index (χ1v) is 8.75. The largest absolute Gasteiger partial charge is 0.465 e. The number of carbonyl (C=O) groups excluding carboxylic acids is 1. The molecule has 0 aliphatic rings. The second kappa shape index (κ2) is 6.12. The minimum absolute atomic E-state index is 0.178. The van der Waals surface area contributed by atoms with Crippen LogP contribution in [0.3, 0.4) is 0 Å². The number of ether oxygens (including phenoxy) is 1. The van der Waals surface area contributed by atoms with Crippen molar-refractivity contribution in [3.8, 4) is 11.4 Å². The molecule has 0 fully saturated rings. The Bertz CT molecular complexity index is 1190. The van der Waals surface area contributed by atoms with E-state index in [1.54, 1.807) is 18.3 Å². The lowest BCUT2D eigenvalue weighted by atomic mass is 10.1. The summed E-state index contributed by atoms with van der Waals surface area (Å²) in [5.41, 5.74) is 11.1. The number of esters is 1. The molecule has 0 amide bonds. The highest BCUT2D eigenvalue weighted by atomic mass is 16.5. The Morgan fingerprint density at radius 3 is 2.78 bits per heavy atom. The molecule has 0 aliphatic carbocycles. The number of hydrogen-bond donors (Lipinski definition) is 2. The number of nitrogens with two attached hydrogens (primary N) is 1. The first-order valence-electron chi connectivity index (χ1n) is 8.75. The van der Waals surface area contributed by atoms with Gasteiger partial charge in [0.2, 0.25) is 0 Å². The maximum atomic E-state index is 11.8. The number of methoxy groups -OCH3 is 1. The van der Waals surface area contributed by atoms with Gasteiger partial charge in [-0.2, -0.15) is 5.10 Å². The number of pyridine rings is 1. The molecule has 7 nitrogen and oxygen atoms in total. The van der Waals surface area contributed by atoms with Gasteiger partial charge in [-0.25, -0.2) is 9.78 Å². The van der Waals surface area contributed by atoms with Crippen LogP contribution in [0.25, 0.3) is 33.2 Å². The summed E-state index contributed by atoms with van der Waals surface area (Å²) in [6, 6.07) is 7.59. The van der Waals surface area contributed by atoms with Gasteiger partial charge < -0.3 is 15.5 Å². The normalized spacial score (nSPS) is 11.6. The fourth-order valence-electron chi connectivity index (χ4n) is 3.41. The number of nitrogens with one attached hydrogen (secondary N) is 1. The number of anilines is 1. The highest BCUT2D eigenvalue weighted by molar-refractivity contribution is 6.03. The van der Waals surface area contributed by atoms with Crippen molar-refractivity contribution in [3.05, 3.63) is 41.6 Å². The molecule has 3 heterocycles. The Balaban J connectivity index is 1.97. The van der Waals surface area contributed by atoms with Crippen molar-refractivity contribution in [1.82, 2.24) is 19.7 Å². The second-order valence-corrected chi connectivity index (χ2v) is 6.91. The van der Waals surface area contributed by atoms with Gasteiger partial charge in [-0.3, -0.25) is 4.68 Å². The van der Waals surface area contributed by atoms with Gasteiger partial charge in [0.1, 0.15) is 11.5 Å². The van der Waals surface area contributed by atoms with Gasteiger partial charge in [0, 0.05) is 23.1 Å². The molecular weight excluding hydrogens is 342 g/mol. The average Bonchev–Trinajstić information content (AvgIpc) is 3.25. The van der Waals surface area contributed by atoms with Crippen molar-refractivity contribution in [1.29, 1.82) is 0 Å². The second-order valence-electron chi connectivity index (χ2n) is 6.91. The quantitative estimate of drug-likeness (QED) is 0.539. The van der Waals surface area contributed by atoms with E-state index < -0.39 is 0 Å². The fourth-order valence-corrected chi connectivity index (χ4v) is 3.41. The van der Waals surface area contributed by atoms with E-state index in [1.807, 2.05) is 23.7 Å². The number of rotatable bonds is 3. The minimum Gasteiger partial charge on any atom is -0.465 e. The van der Waals surface area contributed by atoms with Gasteiger partial charge in [0.05, 0.1) is 29.3 Å². The standard InChI is InChI=1S/C20H21N5O2/c1-10(2)25-18-11(3)9-22-19(21)16(18)17(24-25)15-7-12-5-6-13(20(26)27-4)8-14(12)23-15/h5-10,23H,1-4H3,(H2,21,22). The van der Waals surface area contributed by atoms with E-state index in [9.17, 15) is 4.79 Å². The van der Waals surface area contributed by atoms with Crippen LogP contribution in [0.15, 0.2) is 30.5 Å². The molecule has 3 N–H and O–H groups in total. The van der Waals surface area contributed by atoms with Crippen LogP contribution in [0.5, 0.6) is 0 Å². The van der Waals surface area contributed by atoms with Crippen LogP contribution in [-0.2, 0) is 4.74 Å². The number of benzene rings is 1. The molecule has 7 heteroatoms. The zero-order chi connectivity index (χ0) is 19.3. The van der Waals surface area contributed by atoms with Gasteiger partial charge >= 0.3 is 5.97 Å². The first-order chi connectivity index (χ1) is 12.9. The zero-order valence-corrected chi connectivity index (χ0v) is 15.7. The molecule has 3 aromatic heterocycles. The molecule has 1 aromatic carbocycles. The summed E-state index contributed by atoms with van der Waals surface area (Å²) in [6.45, 7) is 6.17. The number of carbonyl (C=O) groups is 1. The van der Waals surface area contributed by atoms with Gasteiger partial charge in [-0.1, -0.05) is 6.07 Å². The topological polar surface area (TPSA) is 98.8 Å². The van der Waals surface area contributed by atoms with Crippen molar-refractivity contribution in [3.63, 3.8) is 0 Å². The van der Waals surface area contributed by atoms with E-state index in [-0.39, 0.29) is 12.0 Å². The lowest BCUT2D eigenvalue weighted by molar-refractivity contribution is 0.0601. The molecule has 0 saturated carbocycles. The minimum atomic E-state index is -0.369. The number of hydrogen-bond acceptors (Lipinski definition) is 5. The number of aromatic nitrogens is 4. The summed E-state index contributed by atoms with van der Waals surface area (Å²) in [6.07, 6.45) is 1.77. The number of aryl methyl sites for hydroxylation is 1. The zero-order valence-electron chi connectivity index (χ0n) is 15.7. The third kappa shape index (κ3) is 2.63. The molecule has 27 heavy (non-hydrogen) atoms. The molecule has 0 unspecified atom stereocenters. The smallest absolute Gasteiger partial charge is 0.337 e. The van der Waals surface area contributed by atoms with Crippen molar-refractivity contribution >= 4 is 33.6 Å². The molecule has 0 saturated heterocycles. The summed E-state index contributed by atoms with van der Waals surface area (Å²) in [5.74, 6) is 0.0815. The molecule has 4 rings (SSSR count). The summed E-state index contributed by atoms with van der Waals surface area (Å²) in [5, 5.41) is 6.64. The number of nitrogens with zero attached hydrogens (tertiary/aromatic N) is 3. The number of aromatic amines is 1. The van der Waals surface area contributed by atoms with Crippen molar-refractivity contribution < 1.29 is 9.53 Å². The van der Waals surface area contributed by atoms with E-state index in [2.05, 4.69) is 23.8 Å². The first kappa shape index (κ1) is 17.1. The lowest BCUT2D eigenvalue weighted by Crippen LogP contribution is -2.04. The van der Waals surface area contributed by atoms with E-state index in [1.165, 1.54) is 7.11 Å². The van der Waals surface area contributed by atoms with E-state index in [4.69, 9.17) is 15.6 Å². The molecule has 0 radical (unpaired) electrons. The van der Waals surface area contributed by atoms with Crippen molar-refractivity contribution in [2.45, 2.75) is 26.8 Å². The Hall–Kier alpha value is -3.35. The molecule has 0 spiro atoms. The monoisotopic (exact) mass is 363 g/mol. The van der Waals surface area contributed by atoms with E-state index >= 15 is 0 Å². The summed E-state index contributed by atoms with van der Waals surface area (Å²) >= 11 is 0. The van der Waals surface area contributed by atoms with Crippen LogP contribution in [0, 0.1) is 6.92 Å². The van der Waals surface area contributed by atoms with Crippen LogP contribution >= 0.6 is 0 Å². The molecule has 138 valence electrons. The van der Waals surface area contributed by atoms with E-state index in [0.29, 0.717) is 11.4 Å². The highest BCUT2D eigenvalue weighted by Crippen LogP contribution is 2.35. The summed E-state index contributed by atoms with van der Waals surface area (Å²) in [7, 11) is 1.37. The van der Waals surface area contributed by atoms with Crippen LogP contribution in [0.2, 0.25) is 0 Å². The lowest BCUT2D eigenvalue weighted by Gasteiger charge is -2.08. The van der Waals surface area contributed by atoms with Gasteiger partial charge in [0.15, 0.2) is 0 Å². The van der Waals surface area contributed by atoms with Gasteiger partial charge in [0.25, 0.3) is 0 Å². The predicted octanol–water partition coefficient (Wildman–Crippen LogP) is 3.84. The Morgan fingerprint density at radius 1 is 1.30 bits per heavy atom. The predicted molar refractivity (Wildman–Crippen MR) is 106 cm³/mol. The molecule has 0 atom stereocenters. The Morgan fingerprint density at radius 2 is 2.07 bits per heavy atom. The average molecular weight is 363 g/mol. The van der Waals surface area contributed by atoms with Crippen LogP contribution in [0.4, 0.5) is 5.82 Å². The van der Waals surface area contributed by atoms with Gasteiger partial charge in [-0.15, -0.1) is 0 Å². The third-order valence-corrected chi connectivity index (χ3v) is 4.73. The maximum absolute atomic E-state index is 11.8. The number of H-pyrrole nitrogens is 1. The van der Waals surface area contributed by atoms with Crippen molar-refractivity contribution in [2.75, 3.05) is 12.8 Å². The van der Waals surface area contributed by atoms with Crippen LogP contribution in [-0.4, -0.2) is 32.8 Å². The van der Waals surface area contributed by atoms with Crippen LogP contribution < -0.4 is 5.73 Å². The molecular formula is C20H21N5O2. The Labute approximate surface area is 156 Å². The summed E-state index contributed by atoms with van der Waals surface area (Å²) < 4.78 is 6.78. The van der Waals surface area contributed by atoms with Gasteiger partial charge in [-0.05, 0) is 44.5 Å². The SMILES string of the molecule is COC(=O)c1ccc2cc(-c3nn(C(C)C)c4c(C)cnc(N)c34)[nH]c2c1. The number of nitrogen functional groups attached to an aromatic ring is 1. The van der Waals surface area contributed by atoms with Crippen molar-refractivity contribution in [2.24, 2.45) is 0 Å². The summed E-state index contributed by atoms with van der Waals surface area (Å²) in [4.78, 5) is 19.5.